The fraction of sp³-hybridized carbons (Fsp3) is 0.250. The third-order valence-corrected chi connectivity index (χ3v) is 1.43. The summed E-state index contributed by atoms with van der Waals surface area (Å²) in [5, 5.41) is 0. The molecular formula is C8H9OZn. The number of hydrogen-bond acceptors (Lipinski definition) is 1. The van der Waals surface area contributed by atoms with Gasteiger partial charge in [0.25, 0.3) is 0 Å². The van der Waals surface area contributed by atoms with Gasteiger partial charge in [-0.2, -0.15) is 0 Å². The molecule has 0 aromatic heterocycles. The minimum absolute atomic E-state index is 0.391. The van der Waals surface area contributed by atoms with Gasteiger partial charge in [-0.05, 0) is 0 Å². The van der Waals surface area contributed by atoms with Crippen molar-refractivity contribution < 1.29 is 23.0 Å². The zero-order chi connectivity index (χ0) is 7.40. The summed E-state index contributed by atoms with van der Waals surface area (Å²) < 4.78 is 5.86. The van der Waals surface area contributed by atoms with E-state index in [4.69, 9.17) is 4.74 Å². The molecule has 1 aromatic rings. The molecule has 0 heterocycles. The molecule has 0 spiro atoms. The molecule has 0 radical (unpaired) electrons. The van der Waals surface area contributed by atoms with Crippen molar-refractivity contribution in [2.75, 3.05) is 0 Å². The van der Waals surface area contributed by atoms with Crippen LogP contribution in [0.4, 0.5) is 0 Å². The normalized spacial score (nSPS) is 12.7. The minimum atomic E-state index is 0.391. The monoisotopic (exact) mass is 185 g/mol. The second-order valence-electron chi connectivity index (χ2n) is 2.24. The van der Waals surface area contributed by atoms with Gasteiger partial charge in [0.15, 0.2) is 0 Å². The van der Waals surface area contributed by atoms with Gasteiger partial charge in [0, 0.05) is 0 Å². The third kappa shape index (κ3) is 2.49. The van der Waals surface area contributed by atoms with Gasteiger partial charge in [0.2, 0.25) is 0 Å². The number of rotatable bonds is 2. The van der Waals surface area contributed by atoms with Crippen LogP contribution in [0, 0.1) is 0 Å². The molecule has 0 fully saturated rings. The molecule has 1 aromatic carbocycles. The zero-order valence-electron chi connectivity index (χ0n) is 6.08. The molecule has 0 N–H and O–H groups in total. The number of benzene rings is 1. The van der Waals surface area contributed by atoms with Crippen LogP contribution in [-0.2, 0) is 18.3 Å². The number of hydrogen-bond donors (Lipinski definition) is 0. The van der Waals surface area contributed by atoms with E-state index >= 15 is 0 Å². The molecule has 0 aliphatic rings. The third-order valence-electron chi connectivity index (χ3n) is 1.08. The predicted molar refractivity (Wildman–Crippen MR) is 36.5 cm³/mol. The van der Waals surface area contributed by atoms with Crippen LogP contribution in [0.1, 0.15) is 6.92 Å². The average Bonchev–Trinajstić information content (AvgIpc) is 1.88. The Labute approximate surface area is 71.1 Å². The molecule has 1 nitrogen and oxygen atoms in total. The molecule has 49 valence electrons. The van der Waals surface area contributed by atoms with Gasteiger partial charge in [0.1, 0.15) is 0 Å². The number of ether oxygens (including phenoxy) is 1. The van der Waals surface area contributed by atoms with E-state index in [-0.39, 0.29) is 0 Å². The topological polar surface area (TPSA) is 9.23 Å². The van der Waals surface area contributed by atoms with Crippen molar-refractivity contribution in [3.8, 4) is 5.75 Å². The molecule has 0 aliphatic carbocycles. The van der Waals surface area contributed by atoms with Crippen LogP contribution in [-0.4, -0.2) is 4.70 Å². The van der Waals surface area contributed by atoms with Crippen molar-refractivity contribution in [3.05, 3.63) is 30.3 Å². The van der Waals surface area contributed by atoms with Crippen molar-refractivity contribution in [1.82, 2.24) is 0 Å². The maximum atomic E-state index is 5.47. The van der Waals surface area contributed by atoms with Crippen molar-refractivity contribution in [1.29, 1.82) is 0 Å². The van der Waals surface area contributed by atoms with E-state index in [0.29, 0.717) is 4.70 Å². The average molecular weight is 187 g/mol. The molecule has 1 unspecified atom stereocenters. The van der Waals surface area contributed by atoms with E-state index in [1.165, 1.54) is 18.3 Å². The molecular weight excluding hydrogens is 177 g/mol. The first-order valence-corrected chi connectivity index (χ1v) is 5.05. The Kier molecular flexibility index (Phi) is 2.89. The predicted octanol–water partition coefficient (Wildman–Crippen LogP) is 1.96. The number of para-hydroxylation sites is 1. The summed E-state index contributed by atoms with van der Waals surface area (Å²) in [5.74, 6) is 0.973. The van der Waals surface area contributed by atoms with Gasteiger partial charge in [-0.25, -0.2) is 0 Å². The Bertz CT molecular complexity index is 184. The van der Waals surface area contributed by atoms with E-state index in [0.717, 1.165) is 5.75 Å². The van der Waals surface area contributed by atoms with E-state index < -0.39 is 0 Å². The van der Waals surface area contributed by atoms with Crippen LogP contribution in [0.15, 0.2) is 30.3 Å². The van der Waals surface area contributed by atoms with Gasteiger partial charge in [-0.15, -0.1) is 0 Å². The summed E-state index contributed by atoms with van der Waals surface area (Å²) >= 11 is 1.18. The van der Waals surface area contributed by atoms with Crippen molar-refractivity contribution in [2.24, 2.45) is 0 Å². The van der Waals surface area contributed by atoms with E-state index in [9.17, 15) is 0 Å². The van der Waals surface area contributed by atoms with Gasteiger partial charge < -0.3 is 0 Å². The molecule has 0 bridgehead atoms. The van der Waals surface area contributed by atoms with Gasteiger partial charge in [-0.1, -0.05) is 0 Å². The standard InChI is InChI=1S/C8H9O.Zn/c1-2-9-8-6-4-3-5-7-8;/h2-7H,1H3;. The molecule has 0 saturated carbocycles. The van der Waals surface area contributed by atoms with E-state index in [1.54, 1.807) is 0 Å². The second kappa shape index (κ2) is 3.72. The summed E-state index contributed by atoms with van der Waals surface area (Å²) in [6, 6.07) is 9.91. The first-order valence-electron chi connectivity index (χ1n) is 3.34. The molecule has 10 heavy (non-hydrogen) atoms. The van der Waals surface area contributed by atoms with Gasteiger partial charge >= 0.3 is 70.7 Å². The van der Waals surface area contributed by atoms with Crippen LogP contribution >= 0.6 is 0 Å². The quantitative estimate of drug-likeness (QED) is 0.642. The summed E-state index contributed by atoms with van der Waals surface area (Å²) in [6.07, 6.45) is 0. The van der Waals surface area contributed by atoms with Crippen molar-refractivity contribution in [2.45, 2.75) is 11.6 Å². The Morgan fingerprint density at radius 1 is 1.30 bits per heavy atom. The fourth-order valence-corrected chi connectivity index (χ4v) is 1.14. The molecule has 0 aliphatic heterocycles. The van der Waals surface area contributed by atoms with Crippen LogP contribution in [0.5, 0.6) is 5.75 Å². The van der Waals surface area contributed by atoms with Crippen LogP contribution < -0.4 is 4.74 Å². The SMILES string of the molecule is C[CH]([Zn])Oc1ccccc1. The Morgan fingerprint density at radius 2 is 1.90 bits per heavy atom. The second-order valence-corrected chi connectivity index (χ2v) is 4.65. The summed E-state index contributed by atoms with van der Waals surface area (Å²) in [6.45, 7) is 2.08. The molecule has 1 atom stereocenters. The van der Waals surface area contributed by atoms with E-state index in [2.05, 4.69) is 6.92 Å². The van der Waals surface area contributed by atoms with E-state index in [1.807, 2.05) is 30.3 Å². The van der Waals surface area contributed by atoms with Gasteiger partial charge in [-0.3, -0.25) is 0 Å². The Hall–Kier alpha value is -0.357. The molecule has 0 amide bonds. The summed E-state index contributed by atoms with van der Waals surface area (Å²) in [4.78, 5) is 0. The first-order chi connectivity index (χ1) is 4.79. The van der Waals surface area contributed by atoms with Crippen molar-refractivity contribution in [3.63, 3.8) is 0 Å². The fourth-order valence-electron chi connectivity index (χ4n) is 0.731. The Morgan fingerprint density at radius 3 is 2.40 bits per heavy atom. The van der Waals surface area contributed by atoms with Gasteiger partial charge in [0.05, 0.1) is 0 Å². The Balaban J connectivity index is 2.59. The summed E-state index contributed by atoms with van der Waals surface area (Å²) in [7, 11) is 0. The molecule has 1 rings (SSSR count). The van der Waals surface area contributed by atoms with Crippen LogP contribution in [0.25, 0.3) is 0 Å². The molecule has 0 saturated heterocycles. The molecule has 2 heteroatoms. The first kappa shape index (κ1) is 7.75. The van der Waals surface area contributed by atoms with Crippen LogP contribution in [0.3, 0.4) is 0 Å². The maximum absolute atomic E-state index is 5.47. The summed E-state index contributed by atoms with van der Waals surface area (Å²) in [5.41, 5.74) is 0. The van der Waals surface area contributed by atoms with Crippen molar-refractivity contribution >= 4 is 0 Å². The zero-order valence-corrected chi connectivity index (χ0v) is 9.05. The van der Waals surface area contributed by atoms with Crippen LogP contribution in [0.2, 0.25) is 0 Å².